The van der Waals surface area contributed by atoms with Crippen LogP contribution in [-0.4, -0.2) is 30.1 Å². The quantitative estimate of drug-likeness (QED) is 0.822. The van der Waals surface area contributed by atoms with Crippen LogP contribution < -0.4 is 5.32 Å². The lowest BCUT2D eigenvalue weighted by Crippen LogP contribution is -2.25. The Hall–Kier alpha value is -1.78. The summed E-state index contributed by atoms with van der Waals surface area (Å²) in [4.78, 5) is 22.5. The predicted molar refractivity (Wildman–Crippen MR) is 68.7 cm³/mol. The minimum Gasteiger partial charge on any atom is -0.465 e. The summed E-state index contributed by atoms with van der Waals surface area (Å²) >= 11 is 0. The molecule has 1 aromatic heterocycles. The van der Waals surface area contributed by atoms with E-state index in [9.17, 15) is 9.59 Å². The topological polar surface area (TPSA) is 60.3 Å². The molecular weight excluding hydrogens is 232 g/mol. The van der Waals surface area contributed by atoms with E-state index in [4.69, 9.17) is 4.74 Å². The number of hydrogen-bond donors (Lipinski definition) is 1. The minimum absolute atomic E-state index is 0.0534. The van der Waals surface area contributed by atoms with E-state index in [-0.39, 0.29) is 11.9 Å². The molecule has 5 heteroatoms. The van der Waals surface area contributed by atoms with Crippen molar-refractivity contribution in [2.75, 3.05) is 13.7 Å². The van der Waals surface area contributed by atoms with Gasteiger partial charge in [-0.3, -0.25) is 4.79 Å². The highest BCUT2D eigenvalue weighted by atomic mass is 16.5. The Morgan fingerprint density at radius 2 is 1.83 bits per heavy atom. The molecule has 0 bridgehead atoms. The highest BCUT2D eigenvalue weighted by Gasteiger charge is 2.20. The summed E-state index contributed by atoms with van der Waals surface area (Å²) in [5.41, 5.74) is 3.46. The molecule has 0 aliphatic carbocycles. The number of amides is 1. The molecule has 0 aliphatic rings. The highest BCUT2D eigenvalue weighted by molar-refractivity contribution is 5.92. The number of rotatable bonds is 4. The highest BCUT2D eigenvalue weighted by Crippen LogP contribution is 2.22. The van der Waals surface area contributed by atoms with Crippen molar-refractivity contribution >= 4 is 11.9 Å². The van der Waals surface area contributed by atoms with Gasteiger partial charge >= 0.3 is 5.97 Å². The smallest absolute Gasteiger partial charge is 0.339 e. The van der Waals surface area contributed by atoms with Gasteiger partial charge < -0.3 is 14.6 Å². The third-order valence-electron chi connectivity index (χ3n) is 3.19. The van der Waals surface area contributed by atoms with Gasteiger partial charge in [0, 0.05) is 31.4 Å². The number of aromatic nitrogens is 1. The molecule has 0 atom stereocenters. The zero-order chi connectivity index (χ0) is 13.9. The van der Waals surface area contributed by atoms with Gasteiger partial charge in [-0.25, -0.2) is 4.79 Å². The van der Waals surface area contributed by atoms with Gasteiger partial charge in [0.15, 0.2) is 0 Å². The Balaban J connectivity index is 2.99. The van der Waals surface area contributed by atoms with Gasteiger partial charge in [-0.1, -0.05) is 0 Å². The molecule has 0 fully saturated rings. The van der Waals surface area contributed by atoms with Crippen LogP contribution in [0.5, 0.6) is 0 Å². The third kappa shape index (κ3) is 2.72. The molecule has 0 unspecified atom stereocenters. The molecule has 5 nitrogen and oxygen atoms in total. The van der Waals surface area contributed by atoms with E-state index < -0.39 is 0 Å². The van der Waals surface area contributed by atoms with Crippen LogP contribution in [-0.2, 0) is 16.1 Å². The number of carbonyl (C=O) groups is 2. The van der Waals surface area contributed by atoms with E-state index in [1.54, 1.807) is 0 Å². The summed E-state index contributed by atoms with van der Waals surface area (Å²) in [6, 6.07) is 0. The summed E-state index contributed by atoms with van der Waals surface area (Å²) in [5, 5.41) is 2.74. The van der Waals surface area contributed by atoms with Gasteiger partial charge in [-0.05, 0) is 26.3 Å². The van der Waals surface area contributed by atoms with Crippen molar-refractivity contribution in [2.24, 2.45) is 0 Å². The van der Waals surface area contributed by atoms with Crippen molar-refractivity contribution < 1.29 is 14.3 Å². The summed E-state index contributed by atoms with van der Waals surface area (Å²) in [5.74, 6) is -0.367. The van der Waals surface area contributed by atoms with E-state index in [2.05, 4.69) is 5.32 Å². The molecule has 18 heavy (non-hydrogen) atoms. The van der Waals surface area contributed by atoms with Crippen LogP contribution >= 0.6 is 0 Å². The fourth-order valence-electron chi connectivity index (χ4n) is 2.12. The zero-order valence-electron chi connectivity index (χ0n) is 11.6. The number of nitrogens with one attached hydrogen (secondary N) is 1. The maximum Gasteiger partial charge on any atom is 0.339 e. The Morgan fingerprint density at radius 1 is 1.22 bits per heavy atom. The molecule has 0 saturated carbocycles. The lowest BCUT2D eigenvalue weighted by Gasteiger charge is -2.09. The molecule has 0 spiro atoms. The first-order valence-electron chi connectivity index (χ1n) is 5.89. The van der Waals surface area contributed by atoms with Gasteiger partial charge in [0.2, 0.25) is 5.91 Å². The zero-order valence-corrected chi connectivity index (χ0v) is 11.6. The second-order valence-corrected chi connectivity index (χ2v) is 4.30. The van der Waals surface area contributed by atoms with Crippen molar-refractivity contribution in [2.45, 2.75) is 34.2 Å². The van der Waals surface area contributed by atoms with Gasteiger partial charge in [-0.2, -0.15) is 0 Å². The lowest BCUT2D eigenvalue weighted by atomic mass is 10.1. The van der Waals surface area contributed by atoms with Gasteiger partial charge in [-0.15, -0.1) is 0 Å². The molecule has 1 aromatic rings. The molecule has 1 amide bonds. The van der Waals surface area contributed by atoms with Crippen molar-refractivity contribution in [3.8, 4) is 0 Å². The number of nitrogens with zero attached hydrogens (tertiary/aromatic N) is 1. The molecular formula is C13H20N2O3. The lowest BCUT2D eigenvalue weighted by molar-refractivity contribution is -0.118. The number of methoxy groups -OCH3 is 1. The molecule has 0 aliphatic heterocycles. The van der Waals surface area contributed by atoms with Crippen LogP contribution in [0.25, 0.3) is 0 Å². The monoisotopic (exact) mass is 252 g/mol. The maximum absolute atomic E-state index is 11.7. The van der Waals surface area contributed by atoms with E-state index >= 15 is 0 Å². The van der Waals surface area contributed by atoms with Crippen LogP contribution in [0, 0.1) is 20.8 Å². The maximum atomic E-state index is 11.7. The molecule has 1 heterocycles. The van der Waals surface area contributed by atoms with E-state index in [1.807, 2.05) is 25.3 Å². The molecule has 0 radical (unpaired) electrons. The van der Waals surface area contributed by atoms with Crippen LogP contribution in [0.2, 0.25) is 0 Å². The third-order valence-corrected chi connectivity index (χ3v) is 3.19. The van der Waals surface area contributed by atoms with Crippen LogP contribution in [0.4, 0.5) is 0 Å². The van der Waals surface area contributed by atoms with Crippen LogP contribution in [0.1, 0.15) is 34.2 Å². The van der Waals surface area contributed by atoms with Crippen molar-refractivity contribution in [3.05, 3.63) is 22.5 Å². The Morgan fingerprint density at radius 3 is 2.33 bits per heavy atom. The van der Waals surface area contributed by atoms with E-state index in [0.717, 1.165) is 17.0 Å². The SMILES string of the molecule is COC(=O)c1c(C)c(C)n(CCNC(C)=O)c1C. The molecule has 0 aromatic carbocycles. The Bertz CT molecular complexity index is 475. The summed E-state index contributed by atoms with van der Waals surface area (Å²) < 4.78 is 6.81. The summed E-state index contributed by atoms with van der Waals surface area (Å²) in [7, 11) is 1.38. The number of esters is 1. The van der Waals surface area contributed by atoms with E-state index in [0.29, 0.717) is 18.7 Å². The Kier molecular flexibility index (Phi) is 4.53. The van der Waals surface area contributed by atoms with Crippen LogP contribution in [0.15, 0.2) is 0 Å². The van der Waals surface area contributed by atoms with Gasteiger partial charge in [0.25, 0.3) is 0 Å². The first-order chi connectivity index (χ1) is 8.40. The molecule has 1 rings (SSSR count). The average Bonchev–Trinajstić information content (AvgIpc) is 2.52. The first kappa shape index (κ1) is 14.3. The van der Waals surface area contributed by atoms with Crippen molar-refractivity contribution in [1.29, 1.82) is 0 Å². The number of ether oxygens (including phenoxy) is 1. The van der Waals surface area contributed by atoms with E-state index in [1.165, 1.54) is 14.0 Å². The number of hydrogen-bond acceptors (Lipinski definition) is 3. The van der Waals surface area contributed by atoms with Crippen LogP contribution in [0.3, 0.4) is 0 Å². The second-order valence-electron chi connectivity index (χ2n) is 4.30. The van der Waals surface area contributed by atoms with Crippen molar-refractivity contribution in [1.82, 2.24) is 9.88 Å². The minimum atomic E-state index is -0.314. The molecule has 1 N–H and O–H groups in total. The largest absolute Gasteiger partial charge is 0.465 e. The second kappa shape index (κ2) is 5.71. The number of carbonyl (C=O) groups excluding carboxylic acids is 2. The average molecular weight is 252 g/mol. The molecule has 100 valence electrons. The fraction of sp³-hybridized carbons (Fsp3) is 0.538. The first-order valence-corrected chi connectivity index (χ1v) is 5.89. The normalized spacial score (nSPS) is 10.3. The van der Waals surface area contributed by atoms with Gasteiger partial charge in [0.1, 0.15) is 0 Å². The standard InChI is InChI=1S/C13H20N2O3/c1-8-9(2)15(7-6-14-11(4)16)10(3)12(8)13(17)18-5/h6-7H2,1-5H3,(H,14,16). The Labute approximate surface area is 107 Å². The fourth-order valence-corrected chi connectivity index (χ4v) is 2.12. The molecule has 0 saturated heterocycles. The summed E-state index contributed by atoms with van der Waals surface area (Å²) in [6.07, 6.45) is 0. The van der Waals surface area contributed by atoms with Crippen molar-refractivity contribution in [3.63, 3.8) is 0 Å². The van der Waals surface area contributed by atoms with Gasteiger partial charge in [0.05, 0.1) is 12.7 Å². The summed E-state index contributed by atoms with van der Waals surface area (Å²) in [6.45, 7) is 8.44. The predicted octanol–water partition coefficient (Wildman–Crippen LogP) is 1.34.